The van der Waals surface area contributed by atoms with Crippen LogP contribution in [0.15, 0.2) is 59.0 Å². The highest BCUT2D eigenvalue weighted by molar-refractivity contribution is 7.14. The Balaban J connectivity index is 1.72. The molecule has 5 nitrogen and oxygen atoms in total. The molecule has 1 aromatic heterocycles. The predicted octanol–water partition coefficient (Wildman–Crippen LogP) is 5.15. The van der Waals surface area contributed by atoms with E-state index in [0.29, 0.717) is 0 Å². The number of benzene rings is 2. The lowest BCUT2D eigenvalue weighted by molar-refractivity contribution is 0.349. The summed E-state index contributed by atoms with van der Waals surface area (Å²) < 4.78 is 11.1. The minimum absolute atomic E-state index is 0.0322. The zero-order chi connectivity index (χ0) is 18.8. The minimum Gasteiger partial charge on any atom is -0.493 e. The Hall–Kier alpha value is -2.86. The molecule has 1 aliphatic rings. The number of hydrazone groups is 1. The third-order valence-corrected chi connectivity index (χ3v) is 5.44. The number of nitrogens with zero attached hydrogens (tertiary/aromatic N) is 3. The van der Waals surface area contributed by atoms with Gasteiger partial charge in [-0.2, -0.15) is 5.10 Å². The van der Waals surface area contributed by atoms with Crippen LogP contribution in [0.2, 0.25) is 0 Å². The van der Waals surface area contributed by atoms with E-state index in [2.05, 4.69) is 23.6 Å². The normalized spacial score (nSPS) is 16.3. The zero-order valence-electron chi connectivity index (χ0n) is 15.5. The second kappa shape index (κ2) is 7.40. The van der Waals surface area contributed by atoms with Gasteiger partial charge in [0.15, 0.2) is 11.5 Å². The molecule has 3 aromatic rings. The highest BCUT2D eigenvalue weighted by atomic mass is 32.1. The molecule has 2 heterocycles. The summed E-state index contributed by atoms with van der Waals surface area (Å²) >= 11 is 1.60. The summed E-state index contributed by atoms with van der Waals surface area (Å²) in [5, 5.41) is 9.71. The van der Waals surface area contributed by atoms with E-state index < -0.39 is 0 Å². The molecule has 0 radical (unpaired) electrons. The molecule has 27 heavy (non-hydrogen) atoms. The monoisotopic (exact) mass is 379 g/mol. The fourth-order valence-corrected chi connectivity index (χ4v) is 4.20. The van der Waals surface area contributed by atoms with Crippen LogP contribution in [0.3, 0.4) is 0 Å². The Morgan fingerprint density at radius 2 is 1.85 bits per heavy atom. The molecule has 1 atom stereocenters. The van der Waals surface area contributed by atoms with E-state index in [1.165, 1.54) is 0 Å². The van der Waals surface area contributed by atoms with E-state index in [4.69, 9.17) is 19.6 Å². The van der Waals surface area contributed by atoms with Crippen LogP contribution in [0, 0.1) is 0 Å². The number of hydrogen-bond acceptors (Lipinski definition) is 6. The molecule has 138 valence electrons. The minimum atomic E-state index is 0.0322. The summed E-state index contributed by atoms with van der Waals surface area (Å²) in [5.41, 5.74) is 4.19. The summed E-state index contributed by atoms with van der Waals surface area (Å²) in [6.07, 6.45) is 0.823. The molecule has 2 aromatic carbocycles. The van der Waals surface area contributed by atoms with Crippen molar-refractivity contribution in [2.75, 3.05) is 19.2 Å². The first-order chi connectivity index (χ1) is 13.2. The summed E-state index contributed by atoms with van der Waals surface area (Å²) in [4.78, 5) is 4.84. The van der Waals surface area contributed by atoms with Crippen LogP contribution < -0.4 is 14.5 Å². The first-order valence-corrected chi connectivity index (χ1v) is 9.64. The van der Waals surface area contributed by atoms with Crippen molar-refractivity contribution in [3.05, 3.63) is 59.5 Å². The van der Waals surface area contributed by atoms with E-state index in [1.54, 1.807) is 25.6 Å². The van der Waals surface area contributed by atoms with Gasteiger partial charge in [0.1, 0.15) is 0 Å². The molecule has 0 N–H and O–H groups in total. The average molecular weight is 379 g/mol. The number of hydrogen-bond donors (Lipinski definition) is 0. The van der Waals surface area contributed by atoms with Crippen LogP contribution >= 0.6 is 11.3 Å². The van der Waals surface area contributed by atoms with E-state index in [-0.39, 0.29) is 6.04 Å². The van der Waals surface area contributed by atoms with Crippen molar-refractivity contribution in [3.63, 3.8) is 0 Å². The van der Waals surface area contributed by atoms with Crippen LogP contribution in [0.1, 0.15) is 24.9 Å². The number of aromatic nitrogens is 1. The highest BCUT2D eigenvalue weighted by Gasteiger charge is 2.32. The Morgan fingerprint density at radius 3 is 2.59 bits per heavy atom. The van der Waals surface area contributed by atoms with Gasteiger partial charge in [0.2, 0.25) is 5.13 Å². The number of anilines is 1. The van der Waals surface area contributed by atoms with Gasteiger partial charge in [0.05, 0.1) is 26.0 Å². The standard InChI is InChI=1S/C21H21N3O2S/c1-14-12-18(16-10-7-11-19(25-2)20(16)26-3)24(23-14)21-22-17(13-27-21)15-8-5-4-6-9-15/h4-11,13,18H,12H2,1-3H3. The van der Waals surface area contributed by atoms with Gasteiger partial charge in [0.25, 0.3) is 0 Å². The molecule has 0 saturated heterocycles. The van der Waals surface area contributed by atoms with Gasteiger partial charge in [-0.05, 0) is 13.0 Å². The van der Waals surface area contributed by atoms with Gasteiger partial charge in [-0.15, -0.1) is 11.3 Å². The Kier molecular flexibility index (Phi) is 4.81. The van der Waals surface area contributed by atoms with Crippen molar-refractivity contribution in [1.82, 2.24) is 4.98 Å². The second-order valence-corrected chi connectivity index (χ2v) is 7.20. The smallest absolute Gasteiger partial charge is 0.207 e. The van der Waals surface area contributed by atoms with Crippen LogP contribution in [-0.2, 0) is 0 Å². The van der Waals surface area contributed by atoms with Gasteiger partial charge < -0.3 is 9.47 Å². The third kappa shape index (κ3) is 3.28. The van der Waals surface area contributed by atoms with Crippen molar-refractivity contribution < 1.29 is 9.47 Å². The lowest BCUT2D eigenvalue weighted by atomic mass is 10.0. The molecular weight excluding hydrogens is 358 g/mol. The maximum Gasteiger partial charge on any atom is 0.207 e. The molecule has 0 amide bonds. The van der Waals surface area contributed by atoms with Crippen molar-refractivity contribution in [1.29, 1.82) is 0 Å². The van der Waals surface area contributed by atoms with E-state index in [1.807, 2.05) is 42.3 Å². The van der Waals surface area contributed by atoms with Gasteiger partial charge in [0, 0.05) is 28.6 Å². The Labute approximate surface area is 162 Å². The van der Waals surface area contributed by atoms with Crippen molar-refractivity contribution >= 4 is 22.2 Å². The Bertz CT molecular complexity index is 969. The van der Waals surface area contributed by atoms with Gasteiger partial charge in [-0.1, -0.05) is 42.5 Å². The lowest BCUT2D eigenvalue weighted by Gasteiger charge is -2.24. The average Bonchev–Trinajstić information content (AvgIpc) is 3.34. The molecule has 6 heteroatoms. The molecule has 0 saturated carbocycles. The largest absolute Gasteiger partial charge is 0.493 e. The SMILES string of the molecule is COc1cccc(C2CC(C)=NN2c2nc(-c3ccccc3)cs2)c1OC. The molecule has 4 rings (SSSR count). The van der Waals surface area contributed by atoms with Crippen LogP contribution in [0.25, 0.3) is 11.3 Å². The quantitative estimate of drug-likeness (QED) is 0.615. The fraction of sp³-hybridized carbons (Fsp3) is 0.238. The topological polar surface area (TPSA) is 47.0 Å². The maximum absolute atomic E-state index is 5.65. The lowest BCUT2D eigenvalue weighted by Crippen LogP contribution is -2.19. The molecule has 0 fully saturated rings. The molecule has 0 aliphatic carbocycles. The summed E-state index contributed by atoms with van der Waals surface area (Å²) in [5.74, 6) is 1.48. The first kappa shape index (κ1) is 17.5. The number of methoxy groups -OCH3 is 2. The van der Waals surface area contributed by atoms with Crippen molar-refractivity contribution in [2.45, 2.75) is 19.4 Å². The molecule has 1 aliphatic heterocycles. The first-order valence-electron chi connectivity index (χ1n) is 8.76. The van der Waals surface area contributed by atoms with Crippen LogP contribution in [0.4, 0.5) is 5.13 Å². The third-order valence-electron chi connectivity index (χ3n) is 4.61. The molecular formula is C21H21N3O2S. The highest BCUT2D eigenvalue weighted by Crippen LogP contribution is 2.43. The zero-order valence-corrected chi connectivity index (χ0v) is 16.4. The second-order valence-electron chi connectivity index (χ2n) is 6.36. The summed E-state index contributed by atoms with van der Waals surface area (Å²) in [7, 11) is 3.33. The Morgan fingerprint density at radius 1 is 1.04 bits per heavy atom. The van der Waals surface area contributed by atoms with E-state index in [0.717, 1.165) is 45.6 Å². The number of rotatable bonds is 5. The van der Waals surface area contributed by atoms with Gasteiger partial charge >= 0.3 is 0 Å². The molecule has 0 spiro atoms. The van der Waals surface area contributed by atoms with E-state index in [9.17, 15) is 0 Å². The van der Waals surface area contributed by atoms with Crippen molar-refractivity contribution in [3.8, 4) is 22.8 Å². The predicted molar refractivity (Wildman–Crippen MR) is 110 cm³/mol. The summed E-state index contributed by atoms with van der Waals surface area (Å²) in [6, 6.07) is 16.2. The maximum atomic E-state index is 5.65. The van der Waals surface area contributed by atoms with E-state index >= 15 is 0 Å². The number of ether oxygens (including phenoxy) is 2. The van der Waals surface area contributed by atoms with Gasteiger partial charge in [-0.25, -0.2) is 9.99 Å². The van der Waals surface area contributed by atoms with Crippen LogP contribution in [-0.4, -0.2) is 24.9 Å². The van der Waals surface area contributed by atoms with Crippen molar-refractivity contribution in [2.24, 2.45) is 5.10 Å². The number of thiazole rings is 1. The molecule has 1 unspecified atom stereocenters. The summed E-state index contributed by atoms with van der Waals surface area (Å²) in [6.45, 7) is 2.05. The van der Waals surface area contributed by atoms with Crippen LogP contribution in [0.5, 0.6) is 11.5 Å². The molecule has 0 bridgehead atoms. The fourth-order valence-electron chi connectivity index (χ4n) is 3.36. The number of para-hydroxylation sites is 1. The van der Waals surface area contributed by atoms with Gasteiger partial charge in [-0.3, -0.25) is 0 Å².